The van der Waals surface area contributed by atoms with E-state index in [1.165, 1.54) is 0 Å². The fraction of sp³-hybridized carbons (Fsp3) is 0.263. The summed E-state index contributed by atoms with van der Waals surface area (Å²) >= 11 is 0. The highest BCUT2D eigenvalue weighted by Gasteiger charge is 2.18. The van der Waals surface area contributed by atoms with Gasteiger partial charge in [-0.25, -0.2) is 0 Å². The predicted octanol–water partition coefficient (Wildman–Crippen LogP) is 3.25. The number of fused-ring (bicyclic) bond motifs is 2. The number of methoxy groups -OCH3 is 1. The van der Waals surface area contributed by atoms with E-state index in [9.17, 15) is 5.11 Å². The number of benzene rings is 2. The minimum atomic E-state index is -0.757. The summed E-state index contributed by atoms with van der Waals surface area (Å²) in [7, 11) is 1.56. The van der Waals surface area contributed by atoms with Gasteiger partial charge in [0.1, 0.15) is 5.76 Å². The van der Waals surface area contributed by atoms with Crippen LogP contribution in [0.25, 0.3) is 22.3 Å². The van der Waals surface area contributed by atoms with E-state index >= 15 is 0 Å². The highest BCUT2D eigenvalue weighted by Crippen LogP contribution is 2.40. The fourth-order valence-corrected chi connectivity index (χ4v) is 2.97. The molecule has 2 aromatic carbocycles. The van der Waals surface area contributed by atoms with Crippen LogP contribution in [0.4, 0.5) is 0 Å². The van der Waals surface area contributed by atoms with Crippen LogP contribution in [0.3, 0.4) is 0 Å². The van der Waals surface area contributed by atoms with E-state index in [0.717, 1.165) is 10.9 Å². The van der Waals surface area contributed by atoms with Crippen molar-refractivity contribution in [3.63, 3.8) is 0 Å². The fourth-order valence-electron chi connectivity index (χ4n) is 2.97. The van der Waals surface area contributed by atoms with Crippen LogP contribution >= 0.6 is 0 Å². The molecule has 1 atom stereocenters. The molecule has 0 spiro atoms. The van der Waals surface area contributed by atoms with Gasteiger partial charge in [0.2, 0.25) is 6.79 Å². The van der Waals surface area contributed by atoms with Gasteiger partial charge in [-0.1, -0.05) is 0 Å². The average molecular weight is 342 g/mol. The van der Waals surface area contributed by atoms with Gasteiger partial charge >= 0.3 is 0 Å². The zero-order valence-electron chi connectivity index (χ0n) is 13.7. The summed E-state index contributed by atoms with van der Waals surface area (Å²) < 4.78 is 22.1. The summed E-state index contributed by atoms with van der Waals surface area (Å²) in [5.41, 5.74) is 2.14. The maximum Gasteiger partial charge on any atom is 0.231 e. The van der Waals surface area contributed by atoms with Gasteiger partial charge in [0.15, 0.2) is 22.8 Å². The molecule has 2 heterocycles. The van der Waals surface area contributed by atoms with Crippen molar-refractivity contribution in [2.45, 2.75) is 12.5 Å². The van der Waals surface area contributed by atoms with Crippen molar-refractivity contribution >= 4 is 11.0 Å². The van der Waals surface area contributed by atoms with Gasteiger partial charge in [0.05, 0.1) is 13.2 Å². The lowest BCUT2D eigenvalue weighted by atomic mass is 10.0. The zero-order chi connectivity index (χ0) is 17.4. The molecule has 2 N–H and O–H groups in total. The first-order valence-corrected chi connectivity index (χ1v) is 8.00. The molecule has 25 heavy (non-hydrogen) atoms. The van der Waals surface area contributed by atoms with Gasteiger partial charge in [0, 0.05) is 24.0 Å². The average Bonchev–Trinajstić information content (AvgIpc) is 3.26. The first-order valence-electron chi connectivity index (χ1n) is 8.00. The molecule has 1 unspecified atom stereocenters. The van der Waals surface area contributed by atoms with Crippen molar-refractivity contribution in [1.82, 2.24) is 0 Å². The standard InChI is InChI=1S/C19H18O6/c1-22-18-8-12(14(21)4-5-20)6-13-9-16(25-19(13)18)11-2-3-15-17(7-11)24-10-23-15/h2-3,6-9,14,20-21H,4-5,10H2,1H3. The monoisotopic (exact) mass is 342 g/mol. The molecule has 0 bridgehead atoms. The largest absolute Gasteiger partial charge is 0.493 e. The molecule has 4 rings (SSSR count). The minimum Gasteiger partial charge on any atom is -0.493 e. The van der Waals surface area contributed by atoms with Crippen LogP contribution in [0.1, 0.15) is 18.1 Å². The molecule has 0 aliphatic carbocycles. The van der Waals surface area contributed by atoms with E-state index < -0.39 is 6.10 Å². The number of rotatable bonds is 5. The number of hydrogen-bond donors (Lipinski definition) is 2. The van der Waals surface area contributed by atoms with E-state index in [-0.39, 0.29) is 19.8 Å². The maximum atomic E-state index is 10.2. The molecule has 3 aromatic rings. The molecular weight excluding hydrogens is 324 g/mol. The number of furan rings is 1. The summed E-state index contributed by atoms with van der Waals surface area (Å²) in [4.78, 5) is 0. The number of hydrogen-bond acceptors (Lipinski definition) is 6. The number of aliphatic hydroxyl groups is 2. The molecule has 0 radical (unpaired) electrons. The highest BCUT2D eigenvalue weighted by molar-refractivity contribution is 5.88. The van der Waals surface area contributed by atoms with Crippen molar-refractivity contribution in [2.24, 2.45) is 0 Å². The molecule has 1 aromatic heterocycles. The molecule has 130 valence electrons. The Labute approximate surface area is 144 Å². The maximum absolute atomic E-state index is 10.2. The first kappa shape index (κ1) is 15.8. The molecule has 0 saturated heterocycles. The second-order valence-electron chi connectivity index (χ2n) is 5.85. The smallest absolute Gasteiger partial charge is 0.231 e. The Kier molecular flexibility index (Phi) is 3.99. The van der Waals surface area contributed by atoms with Gasteiger partial charge in [-0.2, -0.15) is 0 Å². The Hall–Kier alpha value is -2.70. The van der Waals surface area contributed by atoms with Crippen LogP contribution in [-0.4, -0.2) is 30.7 Å². The van der Waals surface area contributed by atoms with E-state index in [1.54, 1.807) is 13.2 Å². The molecule has 6 heteroatoms. The Morgan fingerprint density at radius 2 is 1.96 bits per heavy atom. The van der Waals surface area contributed by atoms with E-state index in [1.807, 2.05) is 30.3 Å². The summed E-state index contributed by atoms with van der Waals surface area (Å²) in [6, 6.07) is 11.1. The van der Waals surface area contributed by atoms with Crippen LogP contribution in [0, 0.1) is 0 Å². The Bertz CT molecular complexity index is 914. The molecule has 0 saturated carbocycles. The van der Waals surface area contributed by atoms with E-state index in [0.29, 0.717) is 34.2 Å². The Morgan fingerprint density at radius 1 is 1.12 bits per heavy atom. The SMILES string of the molecule is COc1cc(C(O)CCO)cc2cc(-c3ccc4c(c3)OCO4)oc12. The lowest BCUT2D eigenvalue weighted by Crippen LogP contribution is -2.00. The van der Waals surface area contributed by atoms with Crippen LogP contribution in [0.2, 0.25) is 0 Å². The van der Waals surface area contributed by atoms with Crippen molar-refractivity contribution in [3.8, 4) is 28.6 Å². The van der Waals surface area contributed by atoms with Crippen LogP contribution in [0.5, 0.6) is 17.2 Å². The van der Waals surface area contributed by atoms with Gasteiger partial charge in [-0.15, -0.1) is 0 Å². The second-order valence-corrected chi connectivity index (χ2v) is 5.85. The molecular formula is C19H18O6. The summed E-state index contributed by atoms with van der Waals surface area (Å²) in [6.07, 6.45) is -0.492. The summed E-state index contributed by atoms with van der Waals surface area (Å²) in [5, 5.41) is 20.0. The van der Waals surface area contributed by atoms with Gasteiger partial charge in [0.25, 0.3) is 0 Å². The topological polar surface area (TPSA) is 81.3 Å². The molecule has 1 aliphatic rings. The lowest BCUT2D eigenvalue weighted by molar-refractivity contribution is 0.134. The third kappa shape index (κ3) is 2.79. The predicted molar refractivity (Wildman–Crippen MR) is 91.0 cm³/mol. The van der Waals surface area contributed by atoms with Crippen LogP contribution in [-0.2, 0) is 0 Å². The van der Waals surface area contributed by atoms with E-state index in [2.05, 4.69) is 0 Å². The van der Waals surface area contributed by atoms with Crippen molar-refractivity contribution < 1.29 is 28.8 Å². The summed E-state index contributed by atoms with van der Waals surface area (Å²) in [5.74, 6) is 2.60. The first-order chi connectivity index (χ1) is 12.2. The van der Waals surface area contributed by atoms with Gasteiger partial charge in [-0.3, -0.25) is 0 Å². The van der Waals surface area contributed by atoms with Crippen molar-refractivity contribution in [3.05, 3.63) is 42.0 Å². The van der Waals surface area contributed by atoms with Crippen LogP contribution < -0.4 is 14.2 Å². The van der Waals surface area contributed by atoms with Gasteiger partial charge < -0.3 is 28.8 Å². The highest BCUT2D eigenvalue weighted by atomic mass is 16.7. The number of ether oxygens (including phenoxy) is 3. The Balaban J connectivity index is 1.79. The van der Waals surface area contributed by atoms with Crippen molar-refractivity contribution in [2.75, 3.05) is 20.5 Å². The molecule has 6 nitrogen and oxygen atoms in total. The number of aliphatic hydroxyl groups excluding tert-OH is 2. The Morgan fingerprint density at radius 3 is 2.76 bits per heavy atom. The lowest BCUT2D eigenvalue weighted by Gasteiger charge is -2.11. The summed E-state index contributed by atoms with van der Waals surface area (Å²) in [6.45, 7) is 0.133. The molecule has 0 fully saturated rings. The van der Waals surface area contributed by atoms with Crippen LogP contribution in [0.15, 0.2) is 40.8 Å². The minimum absolute atomic E-state index is 0.0879. The normalized spacial score (nSPS) is 14.0. The quantitative estimate of drug-likeness (QED) is 0.741. The zero-order valence-corrected chi connectivity index (χ0v) is 13.7. The molecule has 0 amide bonds. The van der Waals surface area contributed by atoms with Crippen molar-refractivity contribution in [1.29, 1.82) is 0 Å². The second kappa shape index (κ2) is 6.31. The van der Waals surface area contributed by atoms with Gasteiger partial charge in [-0.05, 0) is 42.0 Å². The molecule has 1 aliphatic heterocycles. The third-order valence-corrected chi connectivity index (χ3v) is 4.27. The van der Waals surface area contributed by atoms with E-state index in [4.69, 9.17) is 23.7 Å². The third-order valence-electron chi connectivity index (χ3n) is 4.27.